The molecule has 16 heavy (non-hydrogen) atoms. The highest BCUT2D eigenvalue weighted by Crippen LogP contribution is 2.14. The molecule has 1 aliphatic heterocycles. The van der Waals surface area contributed by atoms with Crippen molar-refractivity contribution in [2.24, 2.45) is 5.92 Å². The van der Waals surface area contributed by atoms with Crippen LogP contribution in [-0.4, -0.2) is 44.4 Å². The lowest BCUT2D eigenvalue weighted by Gasteiger charge is -2.27. The van der Waals surface area contributed by atoms with Crippen LogP contribution in [0, 0.1) is 5.92 Å². The Hall–Kier alpha value is -0.820. The van der Waals surface area contributed by atoms with Crippen LogP contribution in [0.4, 0.5) is 13.2 Å². The predicted octanol–water partition coefficient (Wildman–Crippen LogP) is 0.289. The van der Waals surface area contributed by atoms with E-state index in [1.165, 1.54) is 0 Å². The average Bonchev–Trinajstić information content (AvgIpc) is 1.96. The standard InChI is InChI=1S/C9H15F3N2O2/c1-6(4-16-5-9(10,11)12)14-8(15)7-2-13-3-7/h6-7,13H,2-5H2,1H3,(H,14,15). The molecule has 1 fully saturated rings. The van der Waals surface area contributed by atoms with Crippen LogP contribution in [0.5, 0.6) is 0 Å². The van der Waals surface area contributed by atoms with E-state index in [1.807, 2.05) is 0 Å². The molecular weight excluding hydrogens is 225 g/mol. The first-order valence-electron chi connectivity index (χ1n) is 5.04. The van der Waals surface area contributed by atoms with Gasteiger partial charge in [0.25, 0.3) is 0 Å². The molecule has 4 nitrogen and oxygen atoms in total. The zero-order chi connectivity index (χ0) is 12.2. The van der Waals surface area contributed by atoms with Gasteiger partial charge in [-0.2, -0.15) is 13.2 Å². The summed E-state index contributed by atoms with van der Waals surface area (Å²) in [5.41, 5.74) is 0. The molecule has 0 aromatic carbocycles. The fraction of sp³-hybridized carbons (Fsp3) is 0.889. The molecule has 7 heteroatoms. The van der Waals surface area contributed by atoms with Gasteiger partial charge < -0.3 is 15.4 Å². The van der Waals surface area contributed by atoms with E-state index in [9.17, 15) is 18.0 Å². The fourth-order valence-electron chi connectivity index (χ4n) is 1.23. The first-order valence-corrected chi connectivity index (χ1v) is 5.04. The number of ether oxygens (including phenoxy) is 1. The quantitative estimate of drug-likeness (QED) is 0.726. The number of halogens is 3. The summed E-state index contributed by atoms with van der Waals surface area (Å²) in [6.45, 7) is 1.45. The van der Waals surface area contributed by atoms with Gasteiger partial charge in [0.15, 0.2) is 0 Å². The smallest absolute Gasteiger partial charge is 0.370 e. The number of hydrogen-bond acceptors (Lipinski definition) is 3. The summed E-state index contributed by atoms with van der Waals surface area (Å²) in [5.74, 6) is -0.202. The summed E-state index contributed by atoms with van der Waals surface area (Å²) in [5, 5.41) is 5.53. The van der Waals surface area contributed by atoms with Crippen LogP contribution in [0.2, 0.25) is 0 Å². The van der Waals surface area contributed by atoms with E-state index in [4.69, 9.17) is 0 Å². The van der Waals surface area contributed by atoms with E-state index in [-0.39, 0.29) is 18.4 Å². The fourth-order valence-corrected chi connectivity index (χ4v) is 1.23. The van der Waals surface area contributed by atoms with Gasteiger partial charge in [0.05, 0.1) is 12.5 Å². The Morgan fingerprint density at radius 1 is 1.56 bits per heavy atom. The predicted molar refractivity (Wildman–Crippen MR) is 50.8 cm³/mol. The number of hydrogen-bond donors (Lipinski definition) is 2. The SMILES string of the molecule is CC(COCC(F)(F)F)NC(=O)C1CNC1. The minimum absolute atomic E-state index is 0.0648. The average molecular weight is 240 g/mol. The maximum absolute atomic E-state index is 11.7. The summed E-state index contributed by atoms with van der Waals surface area (Å²) in [6, 6.07) is -0.407. The number of carbonyl (C=O) groups is 1. The van der Waals surface area contributed by atoms with Crippen LogP contribution in [-0.2, 0) is 9.53 Å². The van der Waals surface area contributed by atoms with Crippen LogP contribution in [0.15, 0.2) is 0 Å². The molecule has 2 N–H and O–H groups in total. The van der Waals surface area contributed by atoms with Gasteiger partial charge in [0.1, 0.15) is 6.61 Å². The molecule has 0 aromatic heterocycles. The number of amides is 1. The monoisotopic (exact) mass is 240 g/mol. The van der Waals surface area contributed by atoms with Crippen molar-refractivity contribution in [2.75, 3.05) is 26.3 Å². The first kappa shape index (κ1) is 13.2. The minimum Gasteiger partial charge on any atom is -0.370 e. The third-order valence-electron chi connectivity index (χ3n) is 2.17. The van der Waals surface area contributed by atoms with Gasteiger partial charge in [0, 0.05) is 19.1 Å². The molecule has 1 saturated heterocycles. The van der Waals surface area contributed by atoms with Crippen molar-refractivity contribution in [3.05, 3.63) is 0 Å². The number of carbonyl (C=O) groups excluding carboxylic acids is 1. The molecule has 1 amide bonds. The Morgan fingerprint density at radius 2 is 2.19 bits per heavy atom. The van der Waals surface area contributed by atoms with Gasteiger partial charge in [-0.15, -0.1) is 0 Å². The normalized spacial score (nSPS) is 19.0. The molecular formula is C9H15F3N2O2. The lowest BCUT2D eigenvalue weighted by Crippen LogP contribution is -2.53. The van der Waals surface area contributed by atoms with Crippen LogP contribution in [0.25, 0.3) is 0 Å². The van der Waals surface area contributed by atoms with Crippen molar-refractivity contribution >= 4 is 5.91 Å². The van der Waals surface area contributed by atoms with E-state index in [0.29, 0.717) is 13.1 Å². The number of rotatable bonds is 5. The van der Waals surface area contributed by atoms with Crippen molar-refractivity contribution in [2.45, 2.75) is 19.1 Å². The van der Waals surface area contributed by atoms with E-state index in [2.05, 4.69) is 15.4 Å². The summed E-state index contributed by atoms with van der Waals surface area (Å²) < 4.78 is 39.7. The number of alkyl halides is 3. The van der Waals surface area contributed by atoms with Gasteiger partial charge in [0.2, 0.25) is 5.91 Å². The van der Waals surface area contributed by atoms with Gasteiger partial charge in [-0.1, -0.05) is 0 Å². The van der Waals surface area contributed by atoms with Crippen molar-refractivity contribution in [1.29, 1.82) is 0 Å². The van der Waals surface area contributed by atoms with Crippen LogP contribution < -0.4 is 10.6 Å². The third kappa shape index (κ3) is 4.80. The maximum atomic E-state index is 11.7. The zero-order valence-electron chi connectivity index (χ0n) is 8.93. The Morgan fingerprint density at radius 3 is 2.62 bits per heavy atom. The van der Waals surface area contributed by atoms with Crippen molar-refractivity contribution in [3.63, 3.8) is 0 Å². The van der Waals surface area contributed by atoms with Crippen molar-refractivity contribution in [3.8, 4) is 0 Å². The highest BCUT2D eigenvalue weighted by molar-refractivity contribution is 5.80. The van der Waals surface area contributed by atoms with Crippen LogP contribution in [0.1, 0.15) is 6.92 Å². The molecule has 0 aromatic rings. The molecule has 0 spiro atoms. The summed E-state index contributed by atoms with van der Waals surface area (Å²) in [7, 11) is 0. The molecule has 94 valence electrons. The Kier molecular flexibility index (Phi) is 4.55. The molecule has 0 saturated carbocycles. The summed E-state index contributed by atoms with van der Waals surface area (Å²) in [6.07, 6.45) is -4.32. The Labute approximate surface area is 91.5 Å². The lowest BCUT2D eigenvalue weighted by molar-refractivity contribution is -0.175. The summed E-state index contributed by atoms with van der Waals surface area (Å²) >= 11 is 0. The molecule has 0 radical (unpaired) electrons. The second-order valence-corrected chi connectivity index (χ2v) is 3.90. The minimum atomic E-state index is -4.32. The Bertz CT molecular complexity index is 241. The van der Waals surface area contributed by atoms with Crippen LogP contribution in [0.3, 0.4) is 0 Å². The molecule has 1 heterocycles. The van der Waals surface area contributed by atoms with Gasteiger partial charge in [-0.3, -0.25) is 4.79 Å². The van der Waals surface area contributed by atoms with E-state index in [1.54, 1.807) is 6.92 Å². The second kappa shape index (κ2) is 5.49. The molecule has 1 unspecified atom stereocenters. The molecule has 1 atom stereocenters. The Balaban J connectivity index is 2.10. The van der Waals surface area contributed by atoms with Gasteiger partial charge in [-0.25, -0.2) is 0 Å². The third-order valence-corrected chi connectivity index (χ3v) is 2.17. The molecule has 1 rings (SSSR count). The molecule has 0 aliphatic carbocycles. The van der Waals surface area contributed by atoms with E-state index in [0.717, 1.165) is 0 Å². The molecule has 0 bridgehead atoms. The van der Waals surface area contributed by atoms with Crippen molar-refractivity contribution < 1.29 is 22.7 Å². The maximum Gasteiger partial charge on any atom is 0.411 e. The van der Waals surface area contributed by atoms with Crippen LogP contribution >= 0.6 is 0 Å². The highest BCUT2D eigenvalue weighted by Gasteiger charge is 2.28. The lowest BCUT2D eigenvalue weighted by atomic mass is 10.0. The molecule has 1 aliphatic rings. The van der Waals surface area contributed by atoms with Gasteiger partial charge in [-0.05, 0) is 6.92 Å². The zero-order valence-corrected chi connectivity index (χ0v) is 8.93. The summed E-state index contributed by atoms with van der Waals surface area (Å²) in [4.78, 5) is 11.4. The van der Waals surface area contributed by atoms with Gasteiger partial charge >= 0.3 is 6.18 Å². The second-order valence-electron chi connectivity index (χ2n) is 3.90. The highest BCUT2D eigenvalue weighted by atomic mass is 19.4. The van der Waals surface area contributed by atoms with Crippen molar-refractivity contribution in [1.82, 2.24) is 10.6 Å². The first-order chi connectivity index (χ1) is 7.38. The van der Waals surface area contributed by atoms with E-state index >= 15 is 0 Å². The number of nitrogens with one attached hydrogen (secondary N) is 2. The largest absolute Gasteiger partial charge is 0.411 e. The topological polar surface area (TPSA) is 50.4 Å². The van der Waals surface area contributed by atoms with E-state index < -0.39 is 18.8 Å².